The van der Waals surface area contributed by atoms with Crippen molar-refractivity contribution < 1.29 is 4.52 Å². The molecule has 16 heavy (non-hydrogen) atoms. The number of nitrogens with zero attached hydrogens (tertiary/aromatic N) is 2. The summed E-state index contributed by atoms with van der Waals surface area (Å²) < 4.78 is 5.27. The molecule has 0 radical (unpaired) electrons. The van der Waals surface area contributed by atoms with Crippen LogP contribution in [0.5, 0.6) is 0 Å². The van der Waals surface area contributed by atoms with Crippen molar-refractivity contribution >= 4 is 0 Å². The Hall–Kier alpha value is -1.13. The molecule has 0 atom stereocenters. The lowest BCUT2D eigenvalue weighted by atomic mass is 10.3. The highest BCUT2D eigenvalue weighted by Crippen LogP contribution is 2.19. The van der Waals surface area contributed by atoms with Gasteiger partial charge in [-0.25, -0.2) is 0 Å². The average molecular weight is 221 g/mol. The predicted molar refractivity (Wildman–Crippen MR) is 62.9 cm³/mol. The quantitative estimate of drug-likeness (QED) is 0.709. The molecule has 1 aromatic rings. The first-order chi connectivity index (χ1) is 7.78. The van der Waals surface area contributed by atoms with Gasteiger partial charge >= 0.3 is 0 Å². The molecule has 0 saturated heterocycles. The normalized spacial score (nSPS) is 15.6. The van der Waals surface area contributed by atoms with Crippen molar-refractivity contribution in [3.63, 3.8) is 0 Å². The maximum Gasteiger partial charge on any atom is 0.151 e. The second kappa shape index (κ2) is 5.27. The molecule has 1 saturated carbocycles. The molecule has 1 heterocycles. The summed E-state index contributed by atoms with van der Waals surface area (Å²) in [6.45, 7) is 6.16. The van der Waals surface area contributed by atoms with Crippen LogP contribution >= 0.6 is 0 Å². The monoisotopic (exact) mass is 221 g/mol. The summed E-state index contributed by atoms with van der Waals surface area (Å²) in [7, 11) is 2.03. The van der Waals surface area contributed by atoms with Gasteiger partial charge in [0, 0.05) is 25.2 Å². The van der Waals surface area contributed by atoms with E-state index in [0.29, 0.717) is 6.04 Å². The van der Waals surface area contributed by atoms with Crippen molar-refractivity contribution in [2.24, 2.45) is 0 Å². The third-order valence-electron chi connectivity index (χ3n) is 2.62. The maximum atomic E-state index is 5.27. The summed E-state index contributed by atoms with van der Waals surface area (Å²) in [6.07, 6.45) is 4.48. The fourth-order valence-electron chi connectivity index (χ4n) is 1.60. The first-order valence-corrected chi connectivity index (χ1v) is 5.75. The van der Waals surface area contributed by atoms with E-state index in [9.17, 15) is 0 Å². The highest BCUT2D eigenvalue weighted by Gasteiger charge is 2.20. The van der Waals surface area contributed by atoms with Crippen molar-refractivity contribution in [3.8, 4) is 0 Å². The van der Waals surface area contributed by atoms with Gasteiger partial charge in [-0.15, -0.1) is 6.58 Å². The standard InChI is InChI=1S/C12H19N3O/c1-3-6-15(2)9-12-7-11(14-16-12)8-13-10-4-5-10/h3,7,10,13H,1,4-6,8-9H2,2H3. The Morgan fingerprint density at radius 2 is 2.50 bits per heavy atom. The minimum absolute atomic E-state index is 0.712. The summed E-state index contributed by atoms with van der Waals surface area (Å²) in [6, 6.07) is 2.73. The van der Waals surface area contributed by atoms with E-state index in [0.717, 1.165) is 31.1 Å². The molecule has 4 heteroatoms. The van der Waals surface area contributed by atoms with Crippen LogP contribution in [0, 0.1) is 0 Å². The van der Waals surface area contributed by atoms with Gasteiger partial charge in [0.1, 0.15) is 0 Å². The van der Waals surface area contributed by atoms with E-state index in [2.05, 4.69) is 22.0 Å². The van der Waals surface area contributed by atoms with Gasteiger partial charge in [0.15, 0.2) is 5.76 Å². The van der Waals surface area contributed by atoms with Crippen molar-refractivity contribution in [2.75, 3.05) is 13.6 Å². The second-order valence-corrected chi connectivity index (χ2v) is 4.43. The Bertz CT molecular complexity index is 344. The van der Waals surface area contributed by atoms with Crippen molar-refractivity contribution in [1.82, 2.24) is 15.4 Å². The predicted octanol–water partition coefficient (Wildman–Crippen LogP) is 1.54. The second-order valence-electron chi connectivity index (χ2n) is 4.43. The van der Waals surface area contributed by atoms with Gasteiger partial charge in [-0.3, -0.25) is 4.90 Å². The van der Waals surface area contributed by atoms with E-state index >= 15 is 0 Å². The lowest BCUT2D eigenvalue weighted by Gasteiger charge is -2.10. The van der Waals surface area contributed by atoms with Crippen LogP contribution in [0.3, 0.4) is 0 Å². The van der Waals surface area contributed by atoms with Crippen LogP contribution in [0.4, 0.5) is 0 Å². The van der Waals surface area contributed by atoms with Crippen LogP contribution in [-0.2, 0) is 13.1 Å². The van der Waals surface area contributed by atoms with Crippen LogP contribution in [0.25, 0.3) is 0 Å². The molecule has 1 aliphatic rings. The Balaban J connectivity index is 1.78. The zero-order valence-electron chi connectivity index (χ0n) is 9.78. The molecular weight excluding hydrogens is 202 g/mol. The number of hydrogen-bond donors (Lipinski definition) is 1. The van der Waals surface area contributed by atoms with Gasteiger partial charge in [-0.1, -0.05) is 11.2 Å². The smallest absolute Gasteiger partial charge is 0.151 e. The van der Waals surface area contributed by atoms with E-state index < -0.39 is 0 Å². The van der Waals surface area contributed by atoms with E-state index in [1.807, 2.05) is 19.2 Å². The Labute approximate surface area is 96.3 Å². The van der Waals surface area contributed by atoms with Gasteiger partial charge in [0.05, 0.1) is 12.2 Å². The first kappa shape index (κ1) is 11.4. The van der Waals surface area contributed by atoms with E-state index in [1.165, 1.54) is 12.8 Å². The molecule has 4 nitrogen and oxygen atoms in total. The lowest BCUT2D eigenvalue weighted by molar-refractivity contribution is 0.290. The molecule has 0 aliphatic heterocycles. The summed E-state index contributed by atoms with van der Waals surface area (Å²) >= 11 is 0. The van der Waals surface area contributed by atoms with Crippen LogP contribution in [-0.4, -0.2) is 29.7 Å². The molecule has 0 amide bonds. The van der Waals surface area contributed by atoms with Crippen LogP contribution in [0.1, 0.15) is 24.3 Å². The van der Waals surface area contributed by atoms with E-state index in [1.54, 1.807) is 0 Å². The molecule has 1 aliphatic carbocycles. The Morgan fingerprint density at radius 3 is 3.19 bits per heavy atom. The number of likely N-dealkylation sites (N-methyl/N-ethyl adjacent to an activating group) is 1. The van der Waals surface area contributed by atoms with Crippen LogP contribution < -0.4 is 5.32 Å². The molecule has 0 bridgehead atoms. The van der Waals surface area contributed by atoms with E-state index in [4.69, 9.17) is 4.52 Å². The van der Waals surface area contributed by atoms with E-state index in [-0.39, 0.29) is 0 Å². The Morgan fingerprint density at radius 1 is 1.69 bits per heavy atom. The van der Waals surface area contributed by atoms with Crippen molar-refractivity contribution in [2.45, 2.75) is 32.0 Å². The fraction of sp³-hybridized carbons (Fsp3) is 0.583. The van der Waals surface area contributed by atoms with Crippen LogP contribution in [0.2, 0.25) is 0 Å². The Kier molecular flexibility index (Phi) is 3.74. The fourth-order valence-corrected chi connectivity index (χ4v) is 1.60. The topological polar surface area (TPSA) is 41.3 Å². The zero-order valence-corrected chi connectivity index (χ0v) is 9.78. The van der Waals surface area contributed by atoms with Crippen molar-refractivity contribution in [3.05, 3.63) is 30.2 Å². The first-order valence-electron chi connectivity index (χ1n) is 5.75. The maximum absolute atomic E-state index is 5.27. The summed E-state index contributed by atoms with van der Waals surface area (Å²) in [4.78, 5) is 2.13. The SMILES string of the molecule is C=CCN(C)Cc1cc(CNC2CC2)no1. The largest absolute Gasteiger partial charge is 0.360 e. The summed E-state index contributed by atoms with van der Waals surface area (Å²) in [5.74, 6) is 0.914. The van der Waals surface area contributed by atoms with Gasteiger partial charge in [-0.2, -0.15) is 0 Å². The molecule has 1 fully saturated rings. The summed E-state index contributed by atoms with van der Waals surface area (Å²) in [5.41, 5.74) is 0.994. The van der Waals surface area contributed by atoms with Gasteiger partial charge < -0.3 is 9.84 Å². The zero-order chi connectivity index (χ0) is 11.4. The minimum Gasteiger partial charge on any atom is -0.360 e. The van der Waals surface area contributed by atoms with Crippen molar-refractivity contribution in [1.29, 1.82) is 0 Å². The highest BCUT2D eigenvalue weighted by molar-refractivity contribution is 5.05. The number of rotatable bonds is 7. The van der Waals surface area contributed by atoms with Gasteiger partial charge in [0.25, 0.3) is 0 Å². The lowest BCUT2D eigenvalue weighted by Crippen LogP contribution is -2.17. The number of aromatic nitrogens is 1. The minimum atomic E-state index is 0.712. The molecular formula is C12H19N3O. The van der Waals surface area contributed by atoms with Crippen LogP contribution in [0.15, 0.2) is 23.2 Å². The number of hydrogen-bond acceptors (Lipinski definition) is 4. The third kappa shape index (κ3) is 3.47. The third-order valence-corrected chi connectivity index (χ3v) is 2.62. The summed E-state index contributed by atoms with van der Waals surface area (Å²) in [5, 5.41) is 7.45. The van der Waals surface area contributed by atoms with Gasteiger partial charge in [0.2, 0.25) is 0 Å². The molecule has 1 aromatic heterocycles. The molecule has 88 valence electrons. The molecule has 2 rings (SSSR count). The number of nitrogens with one attached hydrogen (secondary N) is 1. The molecule has 0 aromatic carbocycles. The molecule has 0 unspecified atom stereocenters. The molecule has 1 N–H and O–H groups in total. The molecule has 0 spiro atoms. The average Bonchev–Trinajstić information content (AvgIpc) is 2.98. The van der Waals surface area contributed by atoms with Gasteiger partial charge in [-0.05, 0) is 19.9 Å². The highest BCUT2D eigenvalue weighted by atomic mass is 16.5.